The van der Waals surface area contributed by atoms with Crippen LogP contribution in [0.1, 0.15) is 11.3 Å². The molecule has 3 aromatic rings. The average Bonchev–Trinajstić information content (AvgIpc) is 2.98. The first-order valence-corrected chi connectivity index (χ1v) is 8.77. The largest absolute Gasteiger partial charge is 0.444 e. The molecule has 2 aromatic carbocycles. The molecule has 23 heavy (non-hydrogen) atoms. The summed E-state index contributed by atoms with van der Waals surface area (Å²) in [6.45, 7) is 0. The highest BCUT2D eigenvalue weighted by molar-refractivity contribution is 7.83. The molecular weight excluding hydrogens is 337 g/mol. The number of benzene rings is 2. The quantitative estimate of drug-likeness (QED) is 0.677. The number of hydrogen-bond acceptors (Lipinski definition) is 3. The van der Waals surface area contributed by atoms with E-state index in [0.717, 1.165) is 5.56 Å². The molecule has 0 aliphatic rings. The van der Waals surface area contributed by atoms with Crippen LogP contribution in [0.15, 0.2) is 59.2 Å². The van der Waals surface area contributed by atoms with Crippen molar-refractivity contribution in [3.63, 3.8) is 0 Å². The molecule has 118 valence electrons. The third-order valence-corrected chi connectivity index (χ3v) is 4.69. The van der Waals surface area contributed by atoms with Crippen molar-refractivity contribution in [1.82, 2.24) is 4.98 Å². The molecule has 0 N–H and O–H groups in total. The first kappa shape index (κ1) is 15.9. The molecule has 1 atom stereocenters. The Bertz CT molecular complexity index is 850. The molecule has 1 heterocycles. The van der Waals surface area contributed by atoms with Gasteiger partial charge in [0.05, 0.1) is 17.2 Å². The zero-order valence-corrected chi connectivity index (χ0v) is 13.6. The van der Waals surface area contributed by atoms with Gasteiger partial charge in [-0.15, -0.1) is 0 Å². The number of rotatable bonds is 5. The van der Waals surface area contributed by atoms with Crippen LogP contribution in [0, 0.1) is 5.82 Å². The number of aromatic nitrogens is 1. The number of halogens is 2. The molecule has 1 unspecified atom stereocenters. The third kappa shape index (κ3) is 4.06. The minimum absolute atomic E-state index is 0.145. The van der Waals surface area contributed by atoms with Crippen LogP contribution in [-0.2, 0) is 22.3 Å². The summed E-state index contributed by atoms with van der Waals surface area (Å²) in [5.41, 5.74) is 1.75. The molecule has 0 aliphatic carbocycles. The van der Waals surface area contributed by atoms with Gasteiger partial charge in [0.25, 0.3) is 0 Å². The maximum Gasteiger partial charge on any atom is 0.226 e. The van der Waals surface area contributed by atoms with Gasteiger partial charge in [0.15, 0.2) is 0 Å². The predicted octanol–water partition coefficient (Wildman–Crippen LogP) is 4.58. The molecule has 1 aromatic heterocycles. The molecular formula is C17H13ClFNO2S. The van der Waals surface area contributed by atoms with Crippen LogP contribution in [0.5, 0.6) is 0 Å². The molecule has 6 heteroatoms. The summed E-state index contributed by atoms with van der Waals surface area (Å²) in [6.07, 6.45) is 1.47. The highest BCUT2D eigenvalue weighted by atomic mass is 35.5. The van der Waals surface area contributed by atoms with Crippen molar-refractivity contribution in [1.29, 1.82) is 0 Å². The van der Waals surface area contributed by atoms with Gasteiger partial charge in [-0.3, -0.25) is 4.21 Å². The zero-order valence-electron chi connectivity index (χ0n) is 12.0. The summed E-state index contributed by atoms with van der Waals surface area (Å²) in [7, 11) is -1.27. The van der Waals surface area contributed by atoms with Crippen LogP contribution in [0.4, 0.5) is 4.39 Å². The monoisotopic (exact) mass is 349 g/mol. The molecule has 0 fully saturated rings. The van der Waals surface area contributed by atoms with Crippen LogP contribution in [0.2, 0.25) is 5.02 Å². The van der Waals surface area contributed by atoms with Crippen molar-refractivity contribution in [2.45, 2.75) is 11.5 Å². The third-order valence-electron chi connectivity index (χ3n) is 3.21. The Labute approximate surface area is 140 Å². The molecule has 3 rings (SSSR count). The van der Waals surface area contributed by atoms with Crippen LogP contribution in [0.25, 0.3) is 11.5 Å². The minimum atomic E-state index is -1.27. The Kier molecular flexibility index (Phi) is 4.88. The van der Waals surface area contributed by atoms with E-state index >= 15 is 0 Å². The minimum Gasteiger partial charge on any atom is -0.444 e. The highest BCUT2D eigenvalue weighted by Gasteiger charge is 2.12. The zero-order chi connectivity index (χ0) is 16.2. The Hall–Kier alpha value is -1.98. The van der Waals surface area contributed by atoms with E-state index in [0.29, 0.717) is 22.2 Å². The Morgan fingerprint density at radius 3 is 2.74 bits per heavy atom. The van der Waals surface area contributed by atoms with E-state index in [9.17, 15) is 8.60 Å². The maximum absolute atomic E-state index is 13.6. The van der Waals surface area contributed by atoms with Crippen LogP contribution in [0.3, 0.4) is 0 Å². The summed E-state index contributed by atoms with van der Waals surface area (Å²) >= 11 is 5.94. The van der Waals surface area contributed by atoms with Crippen LogP contribution < -0.4 is 0 Å². The molecule has 0 radical (unpaired) electrons. The maximum atomic E-state index is 13.6. The second kappa shape index (κ2) is 7.06. The van der Waals surface area contributed by atoms with Gasteiger partial charge in [0, 0.05) is 26.9 Å². The average molecular weight is 350 g/mol. The smallest absolute Gasteiger partial charge is 0.226 e. The van der Waals surface area contributed by atoms with Crippen molar-refractivity contribution < 1.29 is 13.0 Å². The summed E-state index contributed by atoms with van der Waals surface area (Å²) < 4.78 is 31.1. The molecule has 0 bridgehead atoms. The fourth-order valence-corrected chi connectivity index (χ4v) is 3.47. The van der Waals surface area contributed by atoms with Crippen LogP contribution in [-0.4, -0.2) is 9.19 Å². The second-order valence-corrected chi connectivity index (χ2v) is 6.87. The van der Waals surface area contributed by atoms with E-state index in [-0.39, 0.29) is 17.3 Å². The van der Waals surface area contributed by atoms with Gasteiger partial charge in [-0.1, -0.05) is 35.9 Å². The summed E-state index contributed by atoms with van der Waals surface area (Å²) in [4.78, 5) is 4.31. The van der Waals surface area contributed by atoms with Gasteiger partial charge in [-0.25, -0.2) is 9.37 Å². The lowest BCUT2D eigenvalue weighted by atomic mass is 10.2. The van der Waals surface area contributed by atoms with E-state index in [4.69, 9.17) is 16.0 Å². The van der Waals surface area contributed by atoms with Crippen molar-refractivity contribution in [3.05, 3.63) is 76.9 Å². The van der Waals surface area contributed by atoms with Crippen molar-refractivity contribution in [2.24, 2.45) is 0 Å². The Morgan fingerprint density at radius 1 is 1.13 bits per heavy atom. The summed E-state index contributed by atoms with van der Waals surface area (Å²) in [5.74, 6) is 0.427. The van der Waals surface area contributed by atoms with Gasteiger partial charge in [-0.05, 0) is 24.3 Å². The standard InChI is InChI=1S/C17H13ClFNO2S/c18-14-6-3-5-12(8-14)17-20-15(9-22-17)11-23(21)10-13-4-1-2-7-16(13)19/h1-9H,10-11H2. The SMILES string of the molecule is O=S(Cc1coc(-c2cccc(Cl)c2)n1)Cc1ccccc1F. The second-order valence-electron chi connectivity index (χ2n) is 4.97. The number of nitrogens with zero attached hydrogens (tertiary/aromatic N) is 1. The molecule has 0 spiro atoms. The van der Waals surface area contributed by atoms with Crippen molar-refractivity contribution >= 4 is 22.4 Å². The molecule has 0 saturated heterocycles. The van der Waals surface area contributed by atoms with E-state index < -0.39 is 10.8 Å². The van der Waals surface area contributed by atoms with E-state index in [1.165, 1.54) is 12.3 Å². The van der Waals surface area contributed by atoms with E-state index in [1.54, 1.807) is 36.4 Å². The van der Waals surface area contributed by atoms with Crippen LogP contribution >= 0.6 is 11.6 Å². The van der Waals surface area contributed by atoms with E-state index in [1.807, 2.05) is 6.07 Å². The van der Waals surface area contributed by atoms with Gasteiger partial charge >= 0.3 is 0 Å². The van der Waals surface area contributed by atoms with Gasteiger partial charge in [0.2, 0.25) is 5.89 Å². The van der Waals surface area contributed by atoms with Gasteiger partial charge in [0.1, 0.15) is 12.1 Å². The molecule has 0 saturated carbocycles. The topological polar surface area (TPSA) is 43.1 Å². The fourth-order valence-electron chi connectivity index (χ4n) is 2.13. The van der Waals surface area contributed by atoms with Crippen molar-refractivity contribution in [3.8, 4) is 11.5 Å². The highest BCUT2D eigenvalue weighted by Crippen LogP contribution is 2.22. The normalized spacial score (nSPS) is 12.3. The number of oxazole rings is 1. The van der Waals surface area contributed by atoms with E-state index in [2.05, 4.69) is 4.98 Å². The van der Waals surface area contributed by atoms with Gasteiger partial charge < -0.3 is 4.42 Å². The number of hydrogen-bond donors (Lipinski definition) is 0. The molecule has 0 amide bonds. The molecule has 0 aliphatic heterocycles. The molecule has 3 nitrogen and oxygen atoms in total. The van der Waals surface area contributed by atoms with Crippen molar-refractivity contribution in [2.75, 3.05) is 0 Å². The summed E-state index contributed by atoms with van der Waals surface area (Å²) in [6, 6.07) is 13.5. The lowest BCUT2D eigenvalue weighted by Gasteiger charge is -2.02. The fraction of sp³-hybridized carbons (Fsp3) is 0.118. The Morgan fingerprint density at radius 2 is 1.96 bits per heavy atom. The first-order valence-electron chi connectivity index (χ1n) is 6.90. The predicted molar refractivity (Wildman–Crippen MR) is 88.9 cm³/mol. The lowest BCUT2D eigenvalue weighted by Crippen LogP contribution is -2.01. The van der Waals surface area contributed by atoms with Gasteiger partial charge in [-0.2, -0.15) is 0 Å². The summed E-state index contributed by atoms with van der Waals surface area (Å²) in [5, 5.41) is 0.588. The lowest BCUT2D eigenvalue weighted by molar-refractivity contribution is 0.573. The Balaban J connectivity index is 1.69. The first-order chi connectivity index (χ1) is 11.1.